The molecule has 0 saturated carbocycles. The van der Waals surface area contributed by atoms with Gasteiger partial charge < -0.3 is 67.5 Å². The Morgan fingerprint density at radius 2 is 1.60 bits per heavy atom. The van der Waals surface area contributed by atoms with Gasteiger partial charge in [0.15, 0.2) is 5.78 Å². The van der Waals surface area contributed by atoms with E-state index in [-0.39, 0.29) is 59.5 Å². The Labute approximate surface area is 364 Å². The largest absolute Gasteiger partial charge is 0.507 e. The molecule has 63 heavy (non-hydrogen) atoms. The van der Waals surface area contributed by atoms with Gasteiger partial charge in [-0.05, 0) is 43.7 Å². The van der Waals surface area contributed by atoms with Gasteiger partial charge >= 0.3 is 6.03 Å². The van der Waals surface area contributed by atoms with Gasteiger partial charge in [-0.15, -0.1) is 0 Å². The van der Waals surface area contributed by atoms with Crippen molar-refractivity contribution < 1.29 is 63.5 Å². The van der Waals surface area contributed by atoms with Crippen molar-refractivity contribution >= 4 is 47.4 Å². The number of benzene rings is 3. The number of phenolic OH excluding ortho intramolecular Hbond substituents is 2. The molecule has 0 saturated heterocycles. The van der Waals surface area contributed by atoms with E-state index in [1.165, 1.54) is 31.7 Å². The van der Waals surface area contributed by atoms with Crippen molar-refractivity contribution in [3.63, 3.8) is 0 Å². The molecular formula is C43H57N7O13. The van der Waals surface area contributed by atoms with Crippen LogP contribution in [-0.4, -0.2) is 121 Å². The summed E-state index contributed by atoms with van der Waals surface area (Å²) >= 11 is 0. The number of fused-ring (bicyclic) bond motifs is 3. The second kappa shape index (κ2) is 24.1. The number of aliphatic hydroxyl groups is 2. The number of primary amides is 1. The number of aliphatic hydroxyl groups excluding tert-OH is 1. The molecule has 12 N–H and O–H groups in total. The number of methoxy groups -OCH3 is 2. The number of nitrogens with one attached hydrogen (secondary N) is 6. The molecule has 3 atom stereocenters. The van der Waals surface area contributed by atoms with E-state index in [4.69, 9.17) is 15.2 Å². The van der Waals surface area contributed by atoms with Crippen LogP contribution < -0.4 is 42.4 Å². The van der Waals surface area contributed by atoms with Crippen LogP contribution in [0.5, 0.6) is 17.2 Å². The van der Waals surface area contributed by atoms with Gasteiger partial charge in [0.25, 0.3) is 5.91 Å². The summed E-state index contributed by atoms with van der Waals surface area (Å²) in [4.78, 5) is 84.5. The number of likely N-dealkylation sites (N-methyl/N-ethyl adjacent to an activating group) is 1. The third-order valence-corrected chi connectivity index (χ3v) is 9.65. The second-order valence-electron chi connectivity index (χ2n) is 14.5. The van der Waals surface area contributed by atoms with Crippen LogP contribution in [0.15, 0.2) is 42.5 Å². The molecule has 2 aliphatic carbocycles. The van der Waals surface area contributed by atoms with E-state index in [2.05, 4.69) is 45.7 Å². The summed E-state index contributed by atoms with van der Waals surface area (Å²) in [5, 5.41) is 59.0. The van der Waals surface area contributed by atoms with Crippen LogP contribution in [0.2, 0.25) is 0 Å². The lowest BCUT2D eigenvalue weighted by atomic mass is 9.72. The van der Waals surface area contributed by atoms with Crippen LogP contribution in [0.3, 0.4) is 0 Å². The van der Waals surface area contributed by atoms with Crippen molar-refractivity contribution in [2.45, 2.75) is 70.3 Å². The number of hydrogen-bond donors (Lipinski definition) is 11. The molecule has 3 aromatic carbocycles. The standard InChI is InChI=1S/C23H22N2O9.C17H27N5O4.C3H8/c1-34-13-4-2-3-10-15(13)21(31)17-16(18(10)28)19(29)11-7-23(33,8-12(27)14(11)20(17)30)22(32)25-6-5-24-9-26;1-19-10-15(23)22-14(4-3-9-20-17(18)25)16(24)21-13-7-5-12(6-8-13)11-26-2;1-3-2/h2-4,9,12,27,29-30,33H,5-8H2,1H3,(H,24,26)(H,25,32);5-8,14,19H,3-4,9-11H2,1-2H3,(H,21,24)(H,22,23)(H3,18,20,25);3H2,1-2H3. The highest BCUT2D eigenvalue weighted by Crippen LogP contribution is 2.50. The maximum Gasteiger partial charge on any atom is 0.312 e. The lowest BCUT2D eigenvalue weighted by molar-refractivity contribution is -0.144. The summed E-state index contributed by atoms with van der Waals surface area (Å²) in [5.74, 6) is -4.32. The molecular weight excluding hydrogens is 823 g/mol. The number of carbonyl (C=O) groups is 7. The highest BCUT2D eigenvalue weighted by Gasteiger charge is 2.48. The van der Waals surface area contributed by atoms with E-state index in [1.54, 1.807) is 26.3 Å². The monoisotopic (exact) mass is 879 g/mol. The average molecular weight is 880 g/mol. The van der Waals surface area contributed by atoms with Gasteiger partial charge in [-0.25, -0.2) is 4.79 Å². The van der Waals surface area contributed by atoms with Gasteiger partial charge in [0.05, 0.1) is 43.1 Å². The number of anilines is 1. The second-order valence-corrected chi connectivity index (χ2v) is 14.5. The van der Waals surface area contributed by atoms with Crippen molar-refractivity contribution in [3.05, 3.63) is 81.4 Å². The molecule has 0 bridgehead atoms. The molecule has 6 amide bonds. The Balaban J connectivity index is 0.000000327. The van der Waals surface area contributed by atoms with E-state index < -0.39 is 76.7 Å². The third kappa shape index (κ3) is 13.0. The van der Waals surface area contributed by atoms with Crippen LogP contribution >= 0.6 is 0 Å². The Bertz CT molecular complexity index is 2130. The fourth-order valence-electron chi connectivity index (χ4n) is 6.86. The van der Waals surface area contributed by atoms with Crippen LogP contribution in [0.4, 0.5) is 10.5 Å². The van der Waals surface area contributed by atoms with Crippen molar-refractivity contribution in [2.24, 2.45) is 5.73 Å². The number of ketones is 2. The summed E-state index contributed by atoms with van der Waals surface area (Å²) in [6.07, 6.45) is -0.161. The fourth-order valence-corrected chi connectivity index (χ4v) is 6.86. The summed E-state index contributed by atoms with van der Waals surface area (Å²) < 4.78 is 10.2. The molecule has 0 spiro atoms. The van der Waals surface area contributed by atoms with E-state index in [0.29, 0.717) is 38.1 Å². The molecule has 0 aromatic heterocycles. The Hall–Kier alpha value is -6.61. The zero-order chi connectivity index (χ0) is 46.9. The number of amides is 6. The lowest BCUT2D eigenvalue weighted by Crippen LogP contribution is -2.52. The predicted molar refractivity (Wildman–Crippen MR) is 229 cm³/mol. The van der Waals surface area contributed by atoms with Crippen molar-refractivity contribution in [1.29, 1.82) is 0 Å². The molecule has 342 valence electrons. The zero-order valence-corrected chi connectivity index (χ0v) is 35.9. The number of urea groups is 1. The van der Waals surface area contributed by atoms with Crippen LogP contribution in [0.1, 0.15) is 94.2 Å². The van der Waals surface area contributed by atoms with E-state index >= 15 is 0 Å². The van der Waals surface area contributed by atoms with Gasteiger partial charge in [-0.2, -0.15) is 0 Å². The number of hydrogen-bond acceptors (Lipinski definition) is 14. The minimum atomic E-state index is -2.19. The molecule has 5 rings (SSSR count). The first-order valence-corrected chi connectivity index (χ1v) is 20.1. The number of rotatable bonds is 17. The van der Waals surface area contributed by atoms with Crippen LogP contribution in [-0.2, 0) is 36.9 Å². The van der Waals surface area contributed by atoms with E-state index in [1.807, 2.05) is 12.1 Å². The predicted octanol–water partition coefficient (Wildman–Crippen LogP) is 0.795. The quantitative estimate of drug-likeness (QED) is 0.0397. The molecule has 3 unspecified atom stereocenters. The van der Waals surface area contributed by atoms with Crippen LogP contribution in [0, 0.1) is 0 Å². The normalized spacial score (nSPS) is 16.1. The minimum Gasteiger partial charge on any atom is -0.507 e. The summed E-state index contributed by atoms with van der Waals surface area (Å²) in [6.45, 7) is 5.27. The number of aromatic hydroxyl groups is 2. The van der Waals surface area contributed by atoms with E-state index in [9.17, 15) is 54.0 Å². The first-order valence-electron chi connectivity index (χ1n) is 20.1. The Kier molecular flexibility index (Phi) is 19.4. The Morgan fingerprint density at radius 1 is 0.937 bits per heavy atom. The number of ether oxygens (including phenoxy) is 2. The topological polar surface area (TPSA) is 317 Å². The first-order chi connectivity index (χ1) is 30.0. The average Bonchev–Trinajstić information content (AvgIpc) is 3.24. The number of nitrogens with two attached hydrogens (primary N) is 1. The van der Waals surface area contributed by atoms with Gasteiger partial charge in [-0.3, -0.25) is 28.8 Å². The van der Waals surface area contributed by atoms with E-state index in [0.717, 1.165) is 5.56 Å². The van der Waals surface area contributed by atoms with Crippen LogP contribution in [0.25, 0.3) is 0 Å². The maximum absolute atomic E-state index is 13.3. The van der Waals surface area contributed by atoms with Crippen molar-refractivity contribution in [2.75, 3.05) is 52.8 Å². The maximum atomic E-state index is 13.3. The zero-order valence-electron chi connectivity index (χ0n) is 35.9. The summed E-state index contributed by atoms with van der Waals surface area (Å²) in [7, 11) is 4.58. The van der Waals surface area contributed by atoms with Crippen molar-refractivity contribution in [3.8, 4) is 17.2 Å². The molecule has 0 aliphatic heterocycles. The lowest BCUT2D eigenvalue weighted by Gasteiger charge is -2.37. The molecule has 20 nitrogen and oxygen atoms in total. The molecule has 0 heterocycles. The van der Waals surface area contributed by atoms with Gasteiger partial charge in [0.1, 0.15) is 28.9 Å². The third-order valence-electron chi connectivity index (χ3n) is 9.65. The smallest absolute Gasteiger partial charge is 0.312 e. The molecule has 2 aliphatic rings. The highest BCUT2D eigenvalue weighted by molar-refractivity contribution is 6.31. The SMILES string of the molecule is CCC.CNCC(=O)NC(CCCNC(N)=O)C(=O)Nc1ccc(COC)cc1.COc1cccc2c1C(=O)c1c(O)c3c(c(O)c1C2=O)CC(O)(C(=O)NCCNC=O)CC3O. The summed E-state index contributed by atoms with van der Waals surface area (Å²) in [6, 6.07) is 10.3. The highest BCUT2D eigenvalue weighted by atomic mass is 16.5. The Morgan fingerprint density at radius 3 is 2.21 bits per heavy atom. The van der Waals surface area contributed by atoms with Crippen molar-refractivity contribution in [1.82, 2.24) is 26.6 Å². The van der Waals surface area contributed by atoms with Gasteiger partial charge in [-0.1, -0.05) is 44.5 Å². The molecule has 0 radical (unpaired) electrons. The number of carbonyl (C=O) groups excluding carboxylic acids is 7. The first kappa shape index (κ1) is 50.7. The molecule has 20 heteroatoms. The minimum absolute atomic E-state index is 0.00411. The number of phenols is 2. The molecule has 3 aromatic rings. The fraction of sp³-hybridized carbons (Fsp3) is 0.419. The molecule has 0 fully saturated rings. The summed E-state index contributed by atoms with van der Waals surface area (Å²) in [5.41, 5.74) is 2.90. The van der Waals surface area contributed by atoms with Gasteiger partial charge in [0.2, 0.25) is 24.0 Å². The van der Waals surface area contributed by atoms with Gasteiger partial charge in [0, 0.05) is 62.0 Å².